The first-order chi connectivity index (χ1) is 11.2. The maximum Gasteiger partial charge on any atom is 0.234 e. The van der Waals surface area contributed by atoms with Gasteiger partial charge in [0.2, 0.25) is 11.8 Å². The van der Waals surface area contributed by atoms with Crippen molar-refractivity contribution in [1.29, 1.82) is 0 Å². The molecule has 2 amide bonds. The van der Waals surface area contributed by atoms with Crippen LogP contribution in [0, 0.1) is 11.8 Å². The van der Waals surface area contributed by atoms with Gasteiger partial charge in [-0.05, 0) is 25.3 Å². The zero-order valence-electron chi connectivity index (χ0n) is 14.9. The van der Waals surface area contributed by atoms with E-state index in [4.69, 9.17) is 10.5 Å². The minimum atomic E-state index is 0. The van der Waals surface area contributed by atoms with Crippen molar-refractivity contribution in [1.82, 2.24) is 15.1 Å². The van der Waals surface area contributed by atoms with Crippen LogP contribution in [0.15, 0.2) is 0 Å². The van der Waals surface area contributed by atoms with Gasteiger partial charge in [0.05, 0.1) is 13.2 Å². The lowest BCUT2D eigenvalue weighted by atomic mass is 9.94. The summed E-state index contributed by atoms with van der Waals surface area (Å²) in [7, 11) is 1.61. The number of piperazine rings is 1. The number of nitrogens with zero attached hydrogens (tertiary/aromatic N) is 2. The van der Waals surface area contributed by atoms with Gasteiger partial charge in [-0.25, -0.2) is 0 Å². The molecule has 25 heavy (non-hydrogen) atoms. The zero-order chi connectivity index (χ0) is 16.7. The highest BCUT2D eigenvalue weighted by molar-refractivity contribution is 5.85. The van der Waals surface area contributed by atoms with Crippen LogP contribution in [0.3, 0.4) is 0 Å². The van der Waals surface area contributed by atoms with Gasteiger partial charge in [-0.1, -0.05) is 6.42 Å². The number of hydrogen-bond acceptors (Lipinski definition) is 5. The molecule has 0 radical (unpaired) electrons. The fourth-order valence-corrected chi connectivity index (χ4v) is 3.56. The van der Waals surface area contributed by atoms with Gasteiger partial charge in [0.1, 0.15) is 0 Å². The molecule has 1 heterocycles. The van der Waals surface area contributed by atoms with E-state index in [0.29, 0.717) is 45.2 Å². The standard InChI is InChI=1S/C16H30N4O3.2ClH/c1-23-10-5-18-15(21)12-19-6-8-20(9-7-19)16(22)14-4-2-3-13(14)11-17;;/h13-14H,2-12,17H2,1H3,(H,18,21);2*1H/t13-,14-;;/m1../s1. The first-order valence-electron chi connectivity index (χ1n) is 8.62. The second-order valence-corrected chi connectivity index (χ2v) is 6.48. The predicted molar refractivity (Wildman–Crippen MR) is 102 cm³/mol. The largest absolute Gasteiger partial charge is 0.383 e. The number of halogens is 2. The summed E-state index contributed by atoms with van der Waals surface area (Å²) < 4.78 is 4.91. The second kappa shape index (κ2) is 12.7. The highest BCUT2D eigenvalue weighted by Gasteiger charge is 2.35. The van der Waals surface area contributed by atoms with E-state index in [9.17, 15) is 9.59 Å². The predicted octanol–water partition coefficient (Wildman–Crippen LogP) is 0.112. The molecule has 2 rings (SSSR count). The molecule has 2 aliphatic rings. The zero-order valence-corrected chi connectivity index (χ0v) is 16.6. The highest BCUT2D eigenvalue weighted by atomic mass is 35.5. The lowest BCUT2D eigenvalue weighted by Gasteiger charge is -2.36. The lowest BCUT2D eigenvalue weighted by molar-refractivity contribution is -0.138. The van der Waals surface area contributed by atoms with Crippen LogP contribution in [0.1, 0.15) is 19.3 Å². The van der Waals surface area contributed by atoms with Crippen LogP contribution in [0.4, 0.5) is 0 Å². The first-order valence-corrected chi connectivity index (χ1v) is 8.62. The van der Waals surface area contributed by atoms with Gasteiger partial charge < -0.3 is 20.7 Å². The van der Waals surface area contributed by atoms with Crippen molar-refractivity contribution in [3.8, 4) is 0 Å². The number of methoxy groups -OCH3 is 1. The van der Waals surface area contributed by atoms with Gasteiger partial charge in [-0.3, -0.25) is 14.5 Å². The summed E-state index contributed by atoms with van der Waals surface area (Å²) in [6, 6.07) is 0. The van der Waals surface area contributed by atoms with Gasteiger partial charge in [-0.2, -0.15) is 0 Å². The molecule has 7 nitrogen and oxygen atoms in total. The van der Waals surface area contributed by atoms with Gasteiger partial charge in [0.25, 0.3) is 0 Å². The van der Waals surface area contributed by atoms with Crippen LogP contribution >= 0.6 is 24.8 Å². The van der Waals surface area contributed by atoms with Crippen LogP contribution < -0.4 is 11.1 Å². The first kappa shape index (κ1) is 24.4. The number of carbonyl (C=O) groups excluding carboxylic acids is 2. The Morgan fingerprint density at radius 2 is 1.84 bits per heavy atom. The molecule has 3 N–H and O–H groups in total. The van der Waals surface area contributed by atoms with Gasteiger partial charge in [0, 0.05) is 45.8 Å². The third-order valence-electron chi connectivity index (χ3n) is 4.96. The van der Waals surface area contributed by atoms with Crippen LogP contribution in [0.5, 0.6) is 0 Å². The van der Waals surface area contributed by atoms with Crippen molar-refractivity contribution in [3.63, 3.8) is 0 Å². The molecule has 148 valence electrons. The Morgan fingerprint density at radius 3 is 2.44 bits per heavy atom. The summed E-state index contributed by atoms with van der Waals surface area (Å²) in [6.45, 7) is 4.98. The second-order valence-electron chi connectivity index (χ2n) is 6.48. The molecule has 0 aromatic rings. The number of carbonyl (C=O) groups is 2. The monoisotopic (exact) mass is 398 g/mol. The van der Waals surface area contributed by atoms with E-state index in [2.05, 4.69) is 10.2 Å². The Hall–Kier alpha value is -0.600. The molecule has 0 spiro atoms. The molecule has 9 heteroatoms. The van der Waals surface area contributed by atoms with Crippen LogP contribution in [0.2, 0.25) is 0 Å². The number of nitrogens with one attached hydrogen (secondary N) is 1. The Morgan fingerprint density at radius 1 is 1.16 bits per heavy atom. The Balaban J connectivity index is 0.00000288. The highest BCUT2D eigenvalue weighted by Crippen LogP contribution is 2.32. The van der Waals surface area contributed by atoms with Crippen LogP contribution in [-0.4, -0.2) is 81.1 Å². The number of hydrogen-bond donors (Lipinski definition) is 2. The molecular weight excluding hydrogens is 367 g/mol. The molecule has 0 bridgehead atoms. The molecule has 1 aliphatic carbocycles. The van der Waals surface area contributed by atoms with Crippen molar-refractivity contribution >= 4 is 36.6 Å². The van der Waals surface area contributed by atoms with Crippen molar-refractivity contribution in [2.45, 2.75) is 19.3 Å². The van der Waals surface area contributed by atoms with E-state index in [1.54, 1.807) is 7.11 Å². The van der Waals surface area contributed by atoms with Crippen molar-refractivity contribution in [3.05, 3.63) is 0 Å². The van der Waals surface area contributed by atoms with E-state index in [-0.39, 0.29) is 42.5 Å². The number of amides is 2. The molecule has 1 saturated carbocycles. The summed E-state index contributed by atoms with van der Waals surface area (Å²) in [5, 5.41) is 2.82. The van der Waals surface area contributed by atoms with Gasteiger partial charge in [-0.15, -0.1) is 24.8 Å². The van der Waals surface area contributed by atoms with E-state index in [1.807, 2.05) is 4.90 Å². The van der Waals surface area contributed by atoms with Crippen molar-refractivity contribution in [2.24, 2.45) is 17.6 Å². The fraction of sp³-hybridized carbons (Fsp3) is 0.875. The van der Waals surface area contributed by atoms with E-state index in [1.165, 1.54) is 0 Å². The average Bonchev–Trinajstić information content (AvgIpc) is 3.03. The smallest absolute Gasteiger partial charge is 0.234 e. The summed E-state index contributed by atoms with van der Waals surface area (Å²) in [6.07, 6.45) is 3.16. The molecule has 0 aromatic heterocycles. The summed E-state index contributed by atoms with van der Waals surface area (Å²) in [5.74, 6) is 0.749. The van der Waals surface area contributed by atoms with Crippen molar-refractivity contribution < 1.29 is 14.3 Å². The molecule has 0 aromatic carbocycles. The minimum Gasteiger partial charge on any atom is -0.383 e. The van der Waals surface area contributed by atoms with E-state index < -0.39 is 0 Å². The number of rotatable bonds is 7. The van der Waals surface area contributed by atoms with Crippen molar-refractivity contribution in [2.75, 3.05) is 59.5 Å². The minimum absolute atomic E-state index is 0. The van der Waals surface area contributed by atoms with Crippen LogP contribution in [-0.2, 0) is 14.3 Å². The molecule has 1 aliphatic heterocycles. The normalized spacial score (nSPS) is 23.5. The van der Waals surface area contributed by atoms with E-state index >= 15 is 0 Å². The lowest BCUT2D eigenvalue weighted by Crippen LogP contribution is -2.53. The number of ether oxygens (including phenoxy) is 1. The average molecular weight is 399 g/mol. The maximum atomic E-state index is 12.6. The Labute approximate surface area is 162 Å². The molecule has 0 unspecified atom stereocenters. The SMILES string of the molecule is COCCNC(=O)CN1CCN(C(=O)[C@@H]2CCC[C@@H]2CN)CC1.Cl.Cl. The maximum absolute atomic E-state index is 12.6. The van der Waals surface area contributed by atoms with Gasteiger partial charge in [0.15, 0.2) is 0 Å². The molecule has 2 atom stereocenters. The molecule has 1 saturated heterocycles. The summed E-state index contributed by atoms with van der Waals surface area (Å²) in [5.41, 5.74) is 5.79. The third kappa shape index (κ3) is 7.27. The third-order valence-corrected chi connectivity index (χ3v) is 4.96. The topological polar surface area (TPSA) is 87.9 Å². The molecule has 2 fully saturated rings. The van der Waals surface area contributed by atoms with E-state index in [0.717, 1.165) is 32.4 Å². The quantitative estimate of drug-likeness (QED) is 0.594. The Bertz CT molecular complexity index is 407. The molecular formula is C16H32Cl2N4O3. The van der Waals surface area contributed by atoms with Crippen LogP contribution in [0.25, 0.3) is 0 Å². The summed E-state index contributed by atoms with van der Waals surface area (Å²) in [4.78, 5) is 28.5. The number of nitrogens with two attached hydrogens (primary N) is 1. The fourth-order valence-electron chi connectivity index (χ4n) is 3.56. The Kier molecular flexibility index (Phi) is 12.4. The summed E-state index contributed by atoms with van der Waals surface area (Å²) >= 11 is 0. The van der Waals surface area contributed by atoms with Gasteiger partial charge >= 0.3 is 0 Å².